The summed E-state index contributed by atoms with van der Waals surface area (Å²) in [6.07, 6.45) is 4.36. The highest BCUT2D eigenvalue weighted by Gasteiger charge is 2.36. The van der Waals surface area contributed by atoms with Gasteiger partial charge in [0.1, 0.15) is 0 Å². The van der Waals surface area contributed by atoms with Gasteiger partial charge in [-0.2, -0.15) is 0 Å². The van der Waals surface area contributed by atoms with E-state index in [1.807, 2.05) is 0 Å². The molecule has 0 radical (unpaired) electrons. The first-order valence-electron chi connectivity index (χ1n) is 4.91. The fourth-order valence-corrected chi connectivity index (χ4v) is 2.49. The number of ether oxygens (including phenoxy) is 1. The van der Waals surface area contributed by atoms with Gasteiger partial charge in [0.2, 0.25) is 0 Å². The van der Waals surface area contributed by atoms with Crippen LogP contribution in [0.2, 0.25) is 0 Å². The Balaban J connectivity index is 1.87. The Labute approximate surface area is 77.3 Å². The molecule has 1 unspecified atom stereocenters. The van der Waals surface area contributed by atoms with E-state index in [9.17, 15) is 4.79 Å². The second-order valence-electron chi connectivity index (χ2n) is 3.93. The van der Waals surface area contributed by atoms with Crippen molar-refractivity contribution >= 4 is 6.16 Å². The molecule has 3 atom stereocenters. The summed E-state index contributed by atoms with van der Waals surface area (Å²) in [6, 6.07) is 0.498. The minimum absolute atomic E-state index is 0.259. The summed E-state index contributed by atoms with van der Waals surface area (Å²) in [7, 11) is 0. The molecule has 1 aliphatic carbocycles. The van der Waals surface area contributed by atoms with Crippen molar-refractivity contribution in [3.8, 4) is 0 Å². The average molecular weight is 185 g/mol. The van der Waals surface area contributed by atoms with E-state index in [-0.39, 0.29) is 6.23 Å². The van der Waals surface area contributed by atoms with Crippen LogP contribution in [0.5, 0.6) is 0 Å². The summed E-state index contributed by atoms with van der Waals surface area (Å²) in [6.45, 7) is 0. The van der Waals surface area contributed by atoms with Gasteiger partial charge in [0.25, 0.3) is 0 Å². The molecule has 0 aromatic carbocycles. The third kappa shape index (κ3) is 1.94. The van der Waals surface area contributed by atoms with Crippen molar-refractivity contribution in [3.05, 3.63) is 0 Å². The first-order chi connectivity index (χ1) is 6.25. The molecule has 1 heterocycles. The predicted octanol–water partition coefficient (Wildman–Crippen LogP) is 1.56. The van der Waals surface area contributed by atoms with E-state index in [0.717, 1.165) is 6.42 Å². The van der Waals surface area contributed by atoms with E-state index in [1.165, 1.54) is 25.7 Å². The van der Waals surface area contributed by atoms with Gasteiger partial charge in [-0.15, -0.1) is 0 Å². The van der Waals surface area contributed by atoms with Gasteiger partial charge in [0, 0.05) is 12.5 Å². The predicted molar refractivity (Wildman–Crippen MR) is 46.4 cm³/mol. The third-order valence-corrected chi connectivity index (χ3v) is 3.07. The molecular weight excluding hydrogens is 170 g/mol. The molecular formula is C9H15NO3. The van der Waals surface area contributed by atoms with Crippen molar-refractivity contribution in [2.24, 2.45) is 5.92 Å². The Hall–Kier alpha value is -0.770. The highest BCUT2D eigenvalue weighted by Crippen LogP contribution is 2.33. The van der Waals surface area contributed by atoms with Crippen LogP contribution in [0.25, 0.3) is 0 Å². The molecule has 2 fully saturated rings. The average Bonchev–Trinajstić information content (AvgIpc) is 2.44. The SMILES string of the molecule is O=C(O)O[C@@H]1C[C@H]2CCCCC2N1. The highest BCUT2D eigenvalue weighted by molar-refractivity contribution is 5.57. The molecule has 4 nitrogen and oxygen atoms in total. The molecule has 2 aliphatic rings. The lowest BCUT2D eigenvalue weighted by molar-refractivity contribution is 0.0430. The van der Waals surface area contributed by atoms with Crippen molar-refractivity contribution in [2.75, 3.05) is 0 Å². The summed E-state index contributed by atoms with van der Waals surface area (Å²) in [5, 5.41) is 11.7. The Bertz CT molecular complexity index is 193. The number of rotatable bonds is 1. The molecule has 2 rings (SSSR count). The number of carbonyl (C=O) groups is 1. The molecule has 0 spiro atoms. The first-order valence-corrected chi connectivity index (χ1v) is 4.91. The first kappa shape index (κ1) is 8.81. The van der Waals surface area contributed by atoms with E-state index in [4.69, 9.17) is 9.84 Å². The normalized spacial score (nSPS) is 38.3. The van der Waals surface area contributed by atoms with Crippen LogP contribution >= 0.6 is 0 Å². The van der Waals surface area contributed by atoms with Crippen LogP contribution in [0.1, 0.15) is 32.1 Å². The summed E-state index contributed by atoms with van der Waals surface area (Å²) in [5.41, 5.74) is 0. The standard InChI is InChI=1S/C9H15NO3/c11-9(12)13-8-5-6-3-1-2-4-7(6)10-8/h6-8,10H,1-5H2,(H,11,12)/t6-,7?,8-/m1/s1. The van der Waals surface area contributed by atoms with Crippen LogP contribution in [0, 0.1) is 5.92 Å². The smallest absolute Gasteiger partial charge is 0.450 e. The minimum Gasteiger partial charge on any atom is -0.450 e. The van der Waals surface area contributed by atoms with E-state index in [2.05, 4.69) is 5.32 Å². The zero-order valence-corrected chi connectivity index (χ0v) is 7.53. The molecule has 1 saturated heterocycles. The van der Waals surface area contributed by atoms with E-state index >= 15 is 0 Å². The maximum atomic E-state index is 10.3. The number of hydrogen-bond acceptors (Lipinski definition) is 3. The monoisotopic (exact) mass is 185 g/mol. The van der Waals surface area contributed by atoms with Gasteiger partial charge in [-0.05, 0) is 18.8 Å². The van der Waals surface area contributed by atoms with Crippen LogP contribution < -0.4 is 5.32 Å². The zero-order chi connectivity index (χ0) is 9.26. The van der Waals surface area contributed by atoms with Crippen LogP contribution in [0.3, 0.4) is 0 Å². The van der Waals surface area contributed by atoms with Crippen LogP contribution in [-0.2, 0) is 4.74 Å². The summed E-state index contributed by atoms with van der Waals surface area (Å²) >= 11 is 0. The molecule has 0 aromatic rings. The topological polar surface area (TPSA) is 58.6 Å². The lowest BCUT2D eigenvalue weighted by Crippen LogP contribution is -2.35. The van der Waals surface area contributed by atoms with Gasteiger partial charge in [0.05, 0.1) is 0 Å². The second kappa shape index (κ2) is 3.54. The van der Waals surface area contributed by atoms with Crippen LogP contribution in [0.4, 0.5) is 4.79 Å². The van der Waals surface area contributed by atoms with E-state index in [1.54, 1.807) is 0 Å². The van der Waals surface area contributed by atoms with Crippen molar-refractivity contribution in [3.63, 3.8) is 0 Å². The highest BCUT2D eigenvalue weighted by atomic mass is 16.7. The molecule has 1 aliphatic heterocycles. The van der Waals surface area contributed by atoms with Gasteiger partial charge in [-0.3, -0.25) is 5.32 Å². The van der Waals surface area contributed by atoms with Crippen molar-refractivity contribution in [2.45, 2.75) is 44.4 Å². The largest absolute Gasteiger partial charge is 0.507 e. The molecule has 0 bridgehead atoms. The summed E-state index contributed by atoms with van der Waals surface area (Å²) < 4.78 is 4.71. The molecule has 4 heteroatoms. The Kier molecular flexibility index (Phi) is 2.40. The Morgan fingerprint density at radius 2 is 2.15 bits per heavy atom. The fraction of sp³-hybridized carbons (Fsp3) is 0.889. The Morgan fingerprint density at radius 3 is 2.85 bits per heavy atom. The minimum atomic E-state index is -1.17. The van der Waals surface area contributed by atoms with Gasteiger partial charge >= 0.3 is 6.16 Å². The molecule has 13 heavy (non-hydrogen) atoms. The lowest BCUT2D eigenvalue weighted by atomic mass is 9.85. The second-order valence-corrected chi connectivity index (χ2v) is 3.93. The Morgan fingerprint density at radius 1 is 1.38 bits per heavy atom. The number of nitrogens with one attached hydrogen (secondary N) is 1. The van der Waals surface area contributed by atoms with E-state index in [0.29, 0.717) is 12.0 Å². The van der Waals surface area contributed by atoms with Crippen molar-refractivity contribution < 1.29 is 14.6 Å². The lowest BCUT2D eigenvalue weighted by Gasteiger charge is -2.23. The number of carboxylic acid groups (broad SMARTS) is 1. The van der Waals surface area contributed by atoms with Crippen LogP contribution in [0.15, 0.2) is 0 Å². The molecule has 0 amide bonds. The number of hydrogen-bond donors (Lipinski definition) is 2. The van der Waals surface area contributed by atoms with Gasteiger partial charge in [-0.1, -0.05) is 12.8 Å². The quantitative estimate of drug-likeness (QED) is 0.609. The third-order valence-electron chi connectivity index (χ3n) is 3.07. The van der Waals surface area contributed by atoms with Crippen molar-refractivity contribution in [1.82, 2.24) is 5.32 Å². The van der Waals surface area contributed by atoms with Gasteiger partial charge < -0.3 is 9.84 Å². The summed E-state index contributed by atoms with van der Waals surface area (Å²) in [4.78, 5) is 10.3. The zero-order valence-electron chi connectivity index (χ0n) is 7.53. The molecule has 74 valence electrons. The maximum absolute atomic E-state index is 10.3. The summed E-state index contributed by atoms with van der Waals surface area (Å²) in [5.74, 6) is 0.637. The van der Waals surface area contributed by atoms with E-state index < -0.39 is 6.16 Å². The maximum Gasteiger partial charge on any atom is 0.507 e. The van der Waals surface area contributed by atoms with Crippen molar-refractivity contribution in [1.29, 1.82) is 0 Å². The molecule has 0 aromatic heterocycles. The fourth-order valence-electron chi connectivity index (χ4n) is 2.49. The van der Waals surface area contributed by atoms with Gasteiger partial charge in [0.15, 0.2) is 6.23 Å². The van der Waals surface area contributed by atoms with Gasteiger partial charge in [-0.25, -0.2) is 4.79 Å². The molecule has 1 saturated carbocycles. The number of fused-ring (bicyclic) bond motifs is 1. The van der Waals surface area contributed by atoms with Crippen LogP contribution in [-0.4, -0.2) is 23.5 Å². The molecule has 2 N–H and O–H groups in total.